The van der Waals surface area contributed by atoms with E-state index in [1.807, 2.05) is 44.3 Å². The van der Waals surface area contributed by atoms with Crippen molar-refractivity contribution < 1.29 is 0 Å². The number of rotatable bonds is 2. The van der Waals surface area contributed by atoms with Crippen LogP contribution < -0.4 is 0 Å². The lowest BCUT2D eigenvalue weighted by Gasteiger charge is -2.05. The van der Waals surface area contributed by atoms with E-state index in [9.17, 15) is 0 Å². The van der Waals surface area contributed by atoms with Crippen LogP contribution in [0.3, 0.4) is 0 Å². The van der Waals surface area contributed by atoms with E-state index in [1.54, 1.807) is 0 Å². The summed E-state index contributed by atoms with van der Waals surface area (Å²) in [5.74, 6) is 0. The van der Waals surface area contributed by atoms with Gasteiger partial charge >= 0.3 is 0 Å². The summed E-state index contributed by atoms with van der Waals surface area (Å²) in [6, 6.07) is 27.0. The molecule has 0 saturated carbocycles. The minimum Gasteiger partial charge on any atom is -0.256 e. The van der Waals surface area contributed by atoms with Crippen LogP contribution in [0.1, 0.15) is 22.4 Å². The zero-order valence-electron chi connectivity index (χ0n) is 17.0. The molecule has 0 atom stereocenters. The van der Waals surface area contributed by atoms with Crippen LogP contribution in [0.5, 0.6) is 0 Å². The zero-order valence-corrected chi connectivity index (χ0v) is 17.0. The fourth-order valence-corrected chi connectivity index (χ4v) is 2.96. The fraction of sp³-hybridized carbons (Fsp3) is 0.154. The highest BCUT2D eigenvalue weighted by Crippen LogP contribution is 2.20. The van der Waals surface area contributed by atoms with Gasteiger partial charge in [-0.05, 0) is 57.0 Å². The van der Waals surface area contributed by atoms with Crippen LogP contribution in [0.4, 0.5) is 0 Å². The molecule has 0 spiro atoms. The summed E-state index contributed by atoms with van der Waals surface area (Å²) >= 11 is 0. The van der Waals surface area contributed by atoms with Crippen LogP contribution in [-0.2, 0) is 0 Å². The van der Waals surface area contributed by atoms with Gasteiger partial charge in [0.1, 0.15) is 0 Å². The monoisotopic (exact) mass is 366 g/mol. The molecule has 2 heteroatoms. The van der Waals surface area contributed by atoms with Crippen molar-refractivity contribution in [3.8, 4) is 22.5 Å². The van der Waals surface area contributed by atoms with Crippen molar-refractivity contribution >= 4 is 0 Å². The van der Waals surface area contributed by atoms with E-state index in [0.717, 1.165) is 17.1 Å². The number of hydrogen-bond donors (Lipinski definition) is 0. The van der Waals surface area contributed by atoms with Gasteiger partial charge in [-0.2, -0.15) is 0 Å². The van der Waals surface area contributed by atoms with Crippen molar-refractivity contribution in [3.05, 3.63) is 107 Å². The lowest BCUT2D eigenvalue weighted by molar-refractivity contribution is 1.18. The minimum atomic E-state index is 1.04. The molecule has 0 aliphatic heterocycles. The van der Waals surface area contributed by atoms with Crippen LogP contribution >= 0.6 is 0 Å². The van der Waals surface area contributed by atoms with Gasteiger partial charge < -0.3 is 0 Å². The first-order chi connectivity index (χ1) is 13.5. The van der Waals surface area contributed by atoms with E-state index < -0.39 is 0 Å². The molecule has 0 saturated heterocycles. The number of pyridine rings is 2. The van der Waals surface area contributed by atoms with Crippen molar-refractivity contribution in [3.63, 3.8) is 0 Å². The third-order valence-electron chi connectivity index (χ3n) is 4.51. The van der Waals surface area contributed by atoms with Crippen LogP contribution in [0.25, 0.3) is 22.5 Å². The molecule has 140 valence electrons. The molecule has 4 rings (SSSR count). The Labute approximate surface area is 168 Å². The maximum atomic E-state index is 4.54. The molecule has 2 heterocycles. The molecule has 28 heavy (non-hydrogen) atoms. The zero-order chi connectivity index (χ0) is 19.9. The average Bonchev–Trinajstić information content (AvgIpc) is 2.71. The molecule has 0 aliphatic carbocycles. The molecule has 4 aromatic rings. The van der Waals surface area contributed by atoms with Gasteiger partial charge in [0.15, 0.2) is 0 Å². The highest BCUT2D eigenvalue weighted by atomic mass is 14.7. The van der Waals surface area contributed by atoms with Crippen molar-refractivity contribution in [2.45, 2.75) is 27.7 Å². The van der Waals surface area contributed by atoms with E-state index in [4.69, 9.17) is 0 Å². The molecule has 2 aromatic heterocycles. The van der Waals surface area contributed by atoms with E-state index in [0.29, 0.717) is 0 Å². The van der Waals surface area contributed by atoms with Crippen molar-refractivity contribution in [2.24, 2.45) is 0 Å². The molecule has 2 aromatic carbocycles. The number of benzene rings is 2. The highest BCUT2D eigenvalue weighted by molar-refractivity contribution is 5.62. The summed E-state index contributed by atoms with van der Waals surface area (Å²) in [5, 5.41) is 0. The predicted octanol–water partition coefficient (Wildman–Crippen LogP) is 6.73. The molecule has 0 radical (unpaired) electrons. The van der Waals surface area contributed by atoms with E-state index in [-0.39, 0.29) is 0 Å². The molecule has 0 amide bonds. The number of aryl methyl sites for hydroxylation is 4. The minimum absolute atomic E-state index is 1.04. The van der Waals surface area contributed by atoms with Crippen LogP contribution in [0.2, 0.25) is 0 Å². The van der Waals surface area contributed by atoms with Gasteiger partial charge in [-0.25, -0.2) is 0 Å². The van der Waals surface area contributed by atoms with Gasteiger partial charge in [0.25, 0.3) is 0 Å². The molecule has 0 aliphatic rings. The number of hydrogen-bond acceptors (Lipinski definition) is 2. The van der Waals surface area contributed by atoms with Crippen LogP contribution in [0, 0.1) is 27.7 Å². The van der Waals surface area contributed by atoms with Crippen LogP contribution in [-0.4, -0.2) is 9.97 Å². The van der Waals surface area contributed by atoms with Gasteiger partial charge in [-0.15, -0.1) is 0 Å². The lowest BCUT2D eigenvalue weighted by atomic mass is 10.1. The van der Waals surface area contributed by atoms with Crippen molar-refractivity contribution in [2.75, 3.05) is 0 Å². The Bertz CT molecular complexity index is 1040. The second-order valence-electron chi connectivity index (χ2n) is 7.07. The Hall–Kier alpha value is -3.26. The van der Waals surface area contributed by atoms with Gasteiger partial charge in [0.05, 0.1) is 11.4 Å². The van der Waals surface area contributed by atoms with Crippen molar-refractivity contribution in [1.82, 2.24) is 9.97 Å². The van der Waals surface area contributed by atoms with E-state index in [1.165, 1.54) is 27.8 Å². The first kappa shape index (κ1) is 19.5. The quantitative estimate of drug-likeness (QED) is 0.393. The number of nitrogens with zero attached hydrogens (tertiary/aromatic N) is 2. The van der Waals surface area contributed by atoms with E-state index >= 15 is 0 Å². The SMILES string of the molecule is Cc1ccc(-c2cccc(C)c2)nc1.Cc1ccc(C)c(-c2ccccc2)n1. The second-order valence-corrected chi connectivity index (χ2v) is 7.07. The second kappa shape index (κ2) is 9.09. The molecule has 2 nitrogen and oxygen atoms in total. The maximum absolute atomic E-state index is 4.54. The fourth-order valence-electron chi connectivity index (χ4n) is 2.96. The predicted molar refractivity (Wildman–Crippen MR) is 118 cm³/mol. The Balaban J connectivity index is 0.000000161. The Morgan fingerprint density at radius 3 is 2.04 bits per heavy atom. The Morgan fingerprint density at radius 1 is 0.607 bits per heavy atom. The summed E-state index contributed by atoms with van der Waals surface area (Å²) in [4.78, 5) is 8.93. The van der Waals surface area contributed by atoms with Crippen molar-refractivity contribution in [1.29, 1.82) is 0 Å². The summed E-state index contributed by atoms with van der Waals surface area (Å²) in [5.41, 5.74) is 9.26. The van der Waals surface area contributed by atoms with Gasteiger partial charge in [0, 0.05) is 23.0 Å². The average molecular weight is 367 g/mol. The summed E-state index contributed by atoms with van der Waals surface area (Å²) in [6.45, 7) is 8.26. The smallest absolute Gasteiger partial charge is 0.0734 e. The molecule has 0 bridgehead atoms. The number of aromatic nitrogens is 2. The van der Waals surface area contributed by atoms with Gasteiger partial charge in [-0.1, -0.05) is 66.2 Å². The largest absolute Gasteiger partial charge is 0.256 e. The Kier molecular flexibility index (Phi) is 6.33. The maximum Gasteiger partial charge on any atom is 0.0734 e. The lowest BCUT2D eigenvalue weighted by Crippen LogP contribution is -1.90. The summed E-state index contributed by atoms with van der Waals surface area (Å²) in [7, 11) is 0. The highest BCUT2D eigenvalue weighted by Gasteiger charge is 2.02. The standard InChI is InChI=1S/2C13H13N/c1-10-4-3-5-12(8-10)13-7-6-11(2)9-14-13;1-10-8-9-11(2)14-13(10)12-6-4-3-5-7-12/h2*3-9H,1-2H3. The summed E-state index contributed by atoms with van der Waals surface area (Å²) in [6.07, 6.45) is 1.90. The Morgan fingerprint density at radius 2 is 1.36 bits per heavy atom. The summed E-state index contributed by atoms with van der Waals surface area (Å²) < 4.78 is 0. The molecule has 0 unspecified atom stereocenters. The normalized spacial score (nSPS) is 10.1. The molecule has 0 fully saturated rings. The molecule has 0 N–H and O–H groups in total. The third kappa shape index (κ3) is 5.14. The molecular weight excluding hydrogens is 340 g/mol. The van der Waals surface area contributed by atoms with E-state index in [2.05, 4.69) is 78.4 Å². The van der Waals surface area contributed by atoms with Crippen LogP contribution in [0.15, 0.2) is 85.1 Å². The first-order valence-corrected chi connectivity index (χ1v) is 9.52. The van der Waals surface area contributed by atoms with Gasteiger partial charge in [-0.3, -0.25) is 9.97 Å². The van der Waals surface area contributed by atoms with Gasteiger partial charge in [0.2, 0.25) is 0 Å². The molecular formula is C26H26N2. The topological polar surface area (TPSA) is 25.8 Å². The third-order valence-corrected chi connectivity index (χ3v) is 4.51. The first-order valence-electron chi connectivity index (χ1n) is 9.52.